The number of nitrogens with zero attached hydrogens (tertiary/aromatic N) is 2. The van der Waals surface area contributed by atoms with Gasteiger partial charge in [-0.15, -0.1) is 11.3 Å². The van der Waals surface area contributed by atoms with Gasteiger partial charge < -0.3 is 10.6 Å². The number of aromatic nitrogens is 1. The van der Waals surface area contributed by atoms with Crippen molar-refractivity contribution in [3.05, 3.63) is 40.7 Å². The molecule has 3 rings (SSSR count). The molecular weight excluding hydrogens is 316 g/mol. The Balaban J connectivity index is 1.52. The van der Waals surface area contributed by atoms with Crippen LogP contribution in [0.4, 0.5) is 0 Å². The number of rotatable bonds is 4. The average molecular weight is 343 g/mol. The molecule has 0 atom stereocenters. The summed E-state index contributed by atoms with van der Waals surface area (Å²) in [4.78, 5) is 9.07. The van der Waals surface area contributed by atoms with Crippen LogP contribution in [-0.2, 0) is 6.54 Å². The zero-order valence-corrected chi connectivity index (χ0v) is 15.3. The van der Waals surface area contributed by atoms with Crippen molar-refractivity contribution in [1.82, 2.24) is 15.6 Å². The summed E-state index contributed by atoms with van der Waals surface area (Å²) in [5.41, 5.74) is 2.21. The monoisotopic (exact) mass is 342 g/mol. The Kier molecular flexibility index (Phi) is 5.86. The van der Waals surface area contributed by atoms with Gasteiger partial charge in [-0.2, -0.15) is 0 Å². The van der Waals surface area contributed by atoms with Crippen molar-refractivity contribution >= 4 is 17.3 Å². The van der Waals surface area contributed by atoms with Crippen LogP contribution in [0.5, 0.6) is 0 Å². The predicted molar refractivity (Wildman–Crippen MR) is 102 cm³/mol. The number of hydrogen-bond donors (Lipinski definition) is 2. The van der Waals surface area contributed by atoms with E-state index in [0.717, 1.165) is 22.6 Å². The fourth-order valence-electron chi connectivity index (χ4n) is 3.09. The first-order chi connectivity index (χ1) is 11.7. The zero-order chi connectivity index (χ0) is 16.8. The third-order valence-corrected chi connectivity index (χ3v) is 5.46. The Bertz CT molecular complexity index is 657. The van der Waals surface area contributed by atoms with Gasteiger partial charge in [0.25, 0.3) is 0 Å². The van der Waals surface area contributed by atoms with Crippen LogP contribution in [-0.4, -0.2) is 24.0 Å². The van der Waals surface area contributed by atoms with Gasteiger partial charge in [-0.05, 0) is 31.6 Å². The summed E-state index contributed by atoms with van der Waals surface area (Å²) in [6.07, 6.45) is 5.08. The van der Waals surface area contributed by atoms with E-state index in [-0.39, 0.29) is 0 Å². The third-order valence-electron chi connectivity index (χ3n) is 4.61. The van der Waals surface area contributed by atoms with E-state index in [0.29, 0.717) is 12.6 Å². The Morgan fingerprint density at radius 1 is 1.21 bits per heavy atom. The first-order valence-corrected chi connectivity index (χ1v) is 9.59. The molecule has 0 spiro atoms. The number of hydrogen-bond acceptors (Lipinski definition) is 3. The second kappa shape index (κ2) is 8.29. The largest absolute Gasteiger partial charge is 0.354 e. The molecule has 0 radical (unpaired) electrons. The van der Waals surface area contributed by atoms with E-state index >= 15 is 0 Å². The first-order valence-electron chi connectivity index (χ1n) is 8.71. The molecule has 0 saturated heterocycles. The average Bonchev–Trinajstić information content (AvgIpc) is 3.10. The lowest BCUT2D eigenvalue weighted by molar-refractivity contribution is 0.329. The maximum atomic E-state index is 4.72. The van der Waals surface area contributed by atoms with Crippen LogP contribution in [0.2, 0.25) is 0 Å². The molecule has 1 saturated carbocycles. The number of benzene rings is 1. The van der Waals surface area contributed by atoms with Crippen molar-refractivity contribution in [3.8, 4) is 11.3 Å². The molecule has 1 heterocycles. The molecular formula is C19H26N4S. The van der Waals surface area contributed by atoms with E-state index in [2.05, 4.69) is 40.1 Å². The van der Waals surface area contributed by atoms with Gasteiger partial charge >= 0.3 is 0 Å². The molecule has 0 unspecified atom stereocenters. The number of nitrogens with one attached hydrogen (secondary N) is 2. The van der Waals surface area contributed by atoms with Crippen LogP contribution in [0, 0.1) is 5.92 Å². The minimum atomic E-state index is 0.545. The highest BCUT2D eigenvalue weighted by Gasteiger charge is 2.18. The summed E-state index contributed by atoms with van der Waals surface area (Å²) in [5, 5.41) is 10.1. The SMILES string of the molecule is CN=C(NCc1nc(-c2ccccc2)cs1)NC1CCC(C)CC1. The van der Waals surface area contributed by atoms with Crippen LogP contribution in [0.3, 0.4) is 0 Å². The van der Waals surface area contributed by atoms with Crippen LogP contribution < -0.4 is 10.6 Å². The highest BCUT2D eigenvalue weighted by molar-refractivity contribution is 7.09. The molecule has 5 heteroatoms. The van der Waals surface area contributed by atoms with Crippen molar-refractivity contribution in [2.45, 2.75) is 45.2 Å². The molecule has 2 aromatic rings. The second-order valence-corrected chi connectivity index (χ2v) is 7.46. The van der Waals surface area contributed by atoms with E-state index < -0.39 is 0 Å². The highest BCUT2D eigenvalue weighted by atomic mass is 32.1. The molecule has 24 heavy (non-hydrogen) atoms. The highest BCUT2D eigenvalue weighted by Crippen LogP contribution is 2.23. The van der Waals surface area contributed by atoms with Gasteiger partial charge in [0.05, 0.1) is 12.2 Å². The van der Waals surface area contributed by atoms with Crippen molar-refractivity contribution in [3.63, 3.8) is 0 Å². The minimum absolute atomic E-state index is 0.545. The molecule has 1 aliphatic carbocycles. The van der Waals surface area contributed by atoms with Crippen LogP contribution in [0.1, 0.15) is 37.6 Å². The lowest BCUT2D eigenvalue weighted by Gasteiger charge is -2.28. The van der Waals surface area contributed by atoms with Gasteiger partial charge in [0.2, 0.25) is 0 Å². The van der Waals surface area contributed by atoms with Crippen LogP contribution >= 0.6 is 11.3 Å². The fourth-order valence-corrected chi connectivity index (χ4v) is 3.83. The smallest absolute Gasteiger partial charge is 0.191 e. The van der Waals surface area contributed by atoms with Gasteiger partial charge in [0, 0.05) is 24.0 Å². The molecule has 128 valence electrons. The summed E-state index contributed by atoms with van der Waals surface area (Å²) >= 11 is 1.69. The van der Waals surface area contributed by atoms with Gasteiger partial charge in [-0.1, -0.05) is 37.3 Å². The minimum Gasteiger partial charge on any atom is -0.354 e. The van der Waals surface area contributed by atoms with E-state index in [1.807, 2.05) is 25.2 Å². The lowest BCUT2D eigenvalue weighted by Crippen LogP contribution is -2.44. The van der Waals surface area contributed by atoms with Crippen molar-refractivity contribution in [2.24, 2.45) is 10.9 Å². The quantitative estimate of drug-likeness (QED) is 0.651. The molecule has 0 bridgehead atoms. The molecule has 4 nitrogen and oxygen atoms in total. The molecule has 1 aromatic carbocycles. The number of thiazole rings is 1. The Morgan fingerprint density at radius 3 is 2.67 bits per heavy atom. The summed E-state index contributed by atoms with van der Waals surface area (Å²) in [6, 6.07) is 10.9. The maximum Gasteiger partial charge on any atom is 0.191 e. The van der Waals surface area contributed by atoms with Gasteiger partial charge in [0.1, 0.15) is 5.01 Å². The number of aliphatic imine (C=N–C) groups is 1. The maximum absolute atomic E-state index is 4.72. The van der Waals surface area contributed by atoms with Gasteiger partial charge in [-0.3, -0.25) is 4.99 Å². The number of guanidine groups is 1. The summed E-state index contributed by atoms with van der Waals surface area (Å²) in [7, 11) is 1.83. The molecule has 2 N–H and O–H groups in total. The Hall–Kier alpha value is -1.88. The molecule has 0 aliphatic heterocycles. The molecule has 0 amide bonds. The molecule has 1 fully saturated rings. The zero-order valence-electron chi connectivity index (χ0n) is 14.5. The van der Waals surface area contributed by atoms with E-state index in [9.17, 15) is 0 Å². The summed E-state index contributed by atoms with van der Waals surface area (Å²) < 4.78 is 0. The van der Waals surface area contributed by atoms with Gasteiger partial charge in [-0.25, -0.2) is 4.98 Å². The Morgan fingerprint density at radius 2 is 1.96 bits per heavy atom. The summed E-state index contributed by atoms with van der Waals surface area (Å²) in [5.74, 6) is 1.75. The van der Waals surface area contributed by atoms with Crippen molar-refractivity contribution in [2.75, 3.05) is 7.05 Å². The molecule has 1 aliphatic rings. The van der Waals surface area contributed by atoms with Crippen molar-refractivity contribution in [1.29, 1.82) is 0 Å². The van der Waals surface area contributed by atoms with E-state index in [1.54, 1.807) is 11.3 Å². The van der Waals surface area contributed by atoms with Crippen LogP contribution in [0.25, 0.3) is 11.3 Å². The topological polar surface area (TPSA) is 49.3 Å². The van der Waals surface area contributed by atoms with E-state index in [4.69, 9.17) is 4.98 Å². The van der Waals surface area contributed by atoms with Gasteiger partial charge in [0.15, 0.2) is 5.96 Å². The predicted octanol–water partition coefficient (Wildman–Crippen LogP) is 4.05. The fraction of sp³-hybridized carbons (Fsp3) is 0.474. The normalized spacial score (nSPS) is 21.5. The van der Waals surface area contributed by atoms with Crippen LogP contribution in [0.15, 0.2) is 40.7 Å². The summed E-state index contributed by atoms with van der Waals surface area (Å²) in [6.45, 7) is 3.05. The Labute approximate surface area is 148 Å². The van der Waals surface area contributed by atoms with Crippen molar-refractivity contribution < 1.29 is 0 Å². The third kappa shape index (κ3) is 4.57. The van der Waals surface area contributed by atoms with E-state index in [1.165, 1.54) is 31.2 Å². The lowest BCUT2D eigenvalue weighted by atomic mass is 9.87. The molecule has 1 aromatic heterocycles. The standard InChI is InChI=1S/C19H26N4S/c1-14-8-10-16(11-9-14)22-19(20-2)21-12-18-23-17(13-24-18)15-6-4-3-5-7-15/h3-7,13-14,16H,8-12H2,1-2H3,(H2,20,21,22). The second-order valence-electron chi connectivity index (χ2n) is 6.52. The first kappa shape index (κ1) is 17.0.